The predicted molar refractivity (Wildman–Crippen MR) is 137 cm³/mol. The first-order valence-corrected chi connectivity index (χ1v) is 12.9. The number of hydrogen-bond acceptors (Lipinski definition) is 6. The molecule has 0 saturated carbocycles. The van der Waals surface area contributed by atoms with Crippen LogP contribution in [-0.4, -0.2) is 31.9 Å². The van der Waals surface area contributed by atoms with Crippen LogP contribution in [0.15, 0.2) is 65.7 Å². The quantitative estimate of drug-likeness (QED) is 0.361. The van der Waals surface area contributed by atoms with Gasteiger partial charge in [-0.3, -0.25) is 4.79 Å². The molecular weight excluding hydrogens is 502 g/mol. The Morgan fingerprint density at radius 2 is 1.78 bits per heavy atom. The average molecular weight is 524 g/mol. The molecule has 2 N–H and O–H groups in total. The van der Waals surface area contributed by atoms with Crippen molar-refractivity contribution in [1.82, 2.24) is 9.29 Å². The van der Waals surface area contributed by atoms with Crippen LogP contribution in [0.2, 0.25) is 5.02 Å². The Balaban J connectivity index is 1.66. The molecule has 1 amide bonds. The van der Waals surface area contributed by atoms with E-state index < -0.39 is 21.8 Å². The number of carbonyl (C=O) groups is 1. The van der Waals surface area contributed by atoms with Crippen molar-refractivity contribution in [3.8, 4) is 11.5 Å². The fraction of sp³-hybridized carbons (Fsp3) is 0.154. The number of amides is 1. The number of nitrogens with zero attached hydrogens (tertiary/aromatic N) is 1. The molecule has 3 aromatic carbocycles. The number of carbonyl (C=O) groups excluding carboxylic acids is 1. The summed E-state index contributed by atoms with van der Waals surface area (Å²) in [5, 5.41) is 8.53. The summed E-state index contributed by atoms with van der Waals surface area (Å²) < 4.78 is 41.2. The molecule has 10 heteroatoms. The van der Waals surface area contributed by atoms with Gasteiger partial charge in [-0.05, 0) is 47.9 Å². The third-order valence-electron chi connectivity index (χ3n) is 6.15. The molecule has 36 heavy (non-hydrogen) atoms. The maximum atomic E-state index is 13.8. The minimum absolute atomic E-state index is 0.0223. The summed E-state index contributed by atoms with van der Waals surface area (Å²) in [6, 6.07) is 14.8. The second-order valence-corrected chi connectivity index (χ2v) is 10.6. The molecular formula is C26H22ClN3O5S. The van der Waals surface area contributed by atoms with E-state index in [2.05, 4.69) is 4.72 Å². The fourth-order valence-electron chi connectivity index (χ4n) is 4.32. The number of hydrogen-bond donors (Lipinski definition) is 2. The van der Waals surface area contributed by atoms with E-state index in [0.29, 0.717) is 28.2 Å². The minimum Gasteiger partial charge on any atom is -0.454 e. The summed E-state index contributed by atoms with van der Waals surface area (Å²) >= 11 is 6.61. The van der Waals surface area contributed by atoms with Gasteiger partial charge in [0.2, 0.25) is 12.7 Å². The van der Waals surface area contributed by atoms with Gasteiger partial charge in [0.15, 0.2) is 11.5 Å². The van der Waals surface area contributed by atoms with Gasteiger partial charge in [-0.25, -0.2) is 13.1 Å². The van der Waals surface area contributed by atoms with Crippen LogP contribution in [0.1, 0.15) is 28.2 Å². The first-order chi connectivity index (χ1) is 17.2. The fourth-order valence-corrected chi connectivity index (χ4v) is 5.58. The molecule has 4 aromatic rings. The van der Waals surface area contributed by atoms with Crippen LogP contribution in [0.3, 0.4) is 0 Å². The van der Waals surface area contributed by atoms with Crippen LogP contribution in [0.5, 0.6) is 11.5 Å². The summed E-state index contributed by atoms with van der Waals surface area (Å²) in [5.41, 5.74) is 3.30. The SMILES string of the molecule is Cc1ccc(S(=O)(=O)NC(=O)C(c2cc3c(cc2Cl)OCO3)c2cn(C)c3cc(C=N)ccc23)cc1. The Morgan fingerprint density at radius 3 is 2.47 bits per heavy atom. The van der Waals surface area contributed by atoms with E-state index in [0.717, 1.165) is 16.5 Å². The van der Waals surface area contributed by atoms with E-state index in [1.165, 1.54) is 18.3 Å². The molecule has 0 radical (unpaired) electrons. The van der Waals surface area contributed by atoms with Gasteiger partial charge in [0.1, 0.15) is 0 Å². The Kier molecular flexibility index (Phi) is 5.97. The topological polar surface area (TPSA) is 110 Å². The molecule has 1 aromatic heterocycles. The van der Waals surface area contributed by atoms with Crippen molar-refractivity contribution in [3.05, 3.63) is 88.1 Å². The molecule has 0 fully saturated rings. The minimum atomic E-state index is -4.15. The van der Waals surface area contributed by atoms with Crippen LogP contribution in [0.25, 0.3) is 10.9 Å². The lowest BCUT2D eigenvalue weighted by molar-refractivity contribution is -0.119. The highest BCUT2D eigenvalue weighted by Gasteiger charge is 2.33. The lowest BCUT2D eigenvalue weighted by Crippen LogP contribution is -2.35. The Labute approximate surface area is 213 Å². The zero-order valence-corrected chi connectivity index (χ0v) is 21.0. The van der Waals surface area contributed by atoms with E-state index in [9.17, 15) is 13.2 Å². The van der Waals surface area contributed by atoms with Gasteiger partial charge in [-0.15, -0.1) is 0 Å². The summed E-state index contributed by atoms with van der Waals surface area (Å²) in [5.74, 6) is -0.981. The Morgan fingerprint density at radius 1 is 1.08 bits per heavy atom. The highest BCUT2D eigenvalue weighted by molar-refractivity contribution is 7.90. The molecule has 0 bridgehead atoms. The van der Waals surface area contributed by atoms with E-state index >= 15 is 0 Å². The third kappa shape index (κ3) is 4.20. The second kappa shape index (κ2) is 9.00. The Bertz CT molecular complexity index is 1630. The molecule has 1 aliphatic rings. The molecule has 1 unspecified atom stereocenters. The molecule has 8 nitrogen and oxygen atoms in total. The normalized spacial score (nSPS) is 13.5. The van der Waals surface area contributed by atoms with Gasteiger partial charge in [0.05, 0.1) is 10.8 Å². The molecule has 1 aliphatic heterocycles. The molecule has 5 rings (SSSR count). The first-order valence-electron chi connectivity index (χ1n) is 11.0. The number of aromatic nitrogens is 1. The number of sulfonamides is 1. The smallest absolute Gasteiger partial charge is 0.264 e. The summed E-state index contributed by atoms with van der Waals surface area (Å²) in [7, 11) is -2.34. The maximum Gasteiger partial charge on any atom is 0.264 e. The van der Waals surface area contributed by atoms with E-state index in [4.69, 9.17) is 26.5 Å². The van der Waals surface area contributed by atoms with Gasteiger partial charge in [0, 0.05) is 41.5 Å². The largest absolute Gasteiger partial charge is 0.454 e. The molecule has 184 valence electrons. The van der Waals surface area contributed by atoms with Crippen molar-refractivity contribution < 1.29 is 22.7 Å². The average Bonchev–Trinajstić information content (AvgIpc) is 3.43. The summed E-state index contributed by atoms with van der Waals surface area (Å²) in [6.07, 6.45) is 3.00. The monoisotopic (exact) mass is 523 g/mol. The van der Waals surface area contributed by atoms with Crippen molar-refractivity contribution >= 4 is 44.6 Å². The number of nitrogens with one attached hydrogen (secondary N) is 2. The second-order valence-electron chi connectivity index (χ2n) is 8.56. The van der Waals surface area contributed by atoms with Gasteiger partial charge >= 0.3 is 0 Å². The van der Waals surface area contributed by atoms with Crippen LogP contribution < -0.4 is 14.2 Å². The molecule has 1 atom stereocenters. The van der Waals surface area contributed by atoms with Crippen molar-refractivity contribution in [2.24, 2.45) is 7.05 Å². The van der Waals surface area contributed by atoms with Gasteiger partial charge in [0.25, 0.3) is 10.0 Å². The zero-order chi connectivity index (χ0) is 25.6. The van der Waals surface area contributed by atoms with E-state index in [1.807, 2.05) is 24.6 Å². The number of ether oxygens (including phenoxy) is 2. The van der Waals surface area contributed by atoms with Crippen LogP contribution in [0.4, 0.5) is 0 Å². The standard InChI is InChI=1S/C26H22ClN3O5S/c1-15-3-6-17(7-4-15)36(32,33)29-26(31)25(19-10-23-24(11-21(19)27)35-14-34-23)20-13-30(2)22-9-16(12-28)5-8-18(20)22/h3-13,25,28H,14H2,1-2H3,(H,29,31). The predicted octanol–water partition coefficient (Wildman–Crippen LogP) is 4.50. The van der Waals surface area contributed by atoms with E-state index in [1.54, 1.807) is 42.6 Å². The van der Waals surface area contributed by atoms with Gasteiger partial charge < -0.3 is 19.5 Å². The van der Waals surface area contributed by atoms with Gasteiger partial charge in [-0.2, -0.15) is 0 Å². The maximum absolute atomic E-state index is 13.8. The zero-order valence-electron chi connectivity index (χ0n) is 19.4. The van der Waals surface area contributed by atoms with Crippen LogP contribution in [0, 0.1) is 12.3 Å². The van der Waals surface area contributed by atoms with E-state index in [-0.39, 0.29) is 16.7 Å². The Hall–Kier alpha value is -3.82. The van der Waals surface area contributed by atoms with Crippen molar-refractivity contribution in [3.63, 3.8) is 0 Å². The summed E-state index contributed by atoms with van der Waals surface area (Å²) in [6.45, 7) is 1.87. The van der Waals surface area contributed by atoms with Crippen molar-refractivity contribution in [2.45, 2.75) is 17.7 Å². The van der Waals surface area contributed by atoms with Gasteiger partial charge in [-0.1, -0.05) is 41.4 Å². The highest BCUT2D eigenvalue weighted by Crippen LogP contribution is 2.43. The molecule has 2 heterocycles. The highest BCUT2D eigenvalue weighted by atomic mass is 35.5. The van der Waals surface area contributed by atoms with Crippen LogP contribution >= 0.6 is 11.6 Å². The lowest BCUT2D eigenvalue weighted by Gasteiger charge is -2.19. The number of fused-ring (bicyclic) bond motifs is 2. The molecule has 0 saturated heterocycles. The first kappa shape index (κ1) is 23.9. The number of benzene rings is 3. The lowest BCUT2D eigenvalue weighted by atomic mass is 9.90. The number of aryl methyl sites for hydroxylation is 2. The number of rotatable bonds is 6. The summed E-state index contributed by atoms with van der Waals surface area (Å²) in [4.78, 5) is 13.7. The van der Waals surface area contributed by atoms with Crippen LogP contribution in [-0.2, 0) is 21.9 Å². The van der Waals surface area contributed by atoms with Crippen molar-refractivity contribution in [1.29, 1.82) is 5.41 Å². The molecule has 0 spiro atoms. The number of halogens is 1. The van der Waals surface area contributed by atoms with Crippen molar-refractivity contribution in [2.75, 3.05) is 6.79 Å². The molecule has 0 aliphatic carbocycles. The third-order valence-corrected chi connectivity index (χ3v) is 7.84.